The third-order valence-corrected chi connectivity index (χ3v) is 14.6. The Morgan fingerprint density at radius 2 is 1.50 bits per heavy atom. The zero-order valence-corrected chi connectivity index (χ0v) is 32.3. The molecule has 0 spiro atoms. The molecule has 0 heterocycles. The Bertz CT molecular complexity index is 1350. The number of carbonyl (C=O) groups is 1. The minimum absolute atomic E-state index is 0.0686. The Morgan fingerprint density at radius 3 is 2.08 bits per heavy atom. The summed E-state index contributed by atoms with van der Waals surface area (Å²) >= 11 is 0. The minimum Gasteiger partial charge on any atom is -0.478 e. The van der Waals surface area contributed by atoms with Gasteiger partial charge in [-0.2, -0.15) is 0 Å². The van der Waals surface area contributed by atoms with Crippen molar-refractivity contribution in [3.05, 3.63) is 54.1 Å². The summed E-state index contributed by atoms with van der Waals surface area (Å²) in [7, 11) is 0. The highest BCUT2D eigenvalue weighted by Crippen LogP contribution is 2.77. The Kier molecular flexibility index (Phi) is 15.3. The Morgan fingerprint density at radius 1 is 0.880 bits per heavy atom. The molecule has 0 radical (unpaired) electrons. The number of hydrogen-bond donors (Lipinski definition) is 3. The molecule has 4 N–H and O–H groups in total. The van der Waals surface area contributed by atoms with Crippen molar-refractivity contribution in [1.29, 1.82) is 0 Å². The molecule has 3 unspecified atom stereocenters. The highest BCUT2D eigenvalue weighted by molar-refractivity contribution is 5.88. The van der Waals surface area contributed by atoms with Crippen LogP contribution in [-0.4, -0.2) is 30.7 Å². The molecule has 274 valence electrons. The second kappa shape index (κ2) is 17.8. The fraction of sp³-hybridized carbons (Fsp3) is 0.630. The molecule has 0 amide bonds. The first-order valence-electron chi connectivity index (χ1n) is 18.9. The lowest BCUT2D eigenvalue weighted by atomic mass is 9.32. The van der Waals surface area contributed by atoms with Gasteiger partial charge in [0.2, 0.25) is 0 Å². The quantitative estimate of drug-likeness (QED) is 0.152. The summed E-state index contributed by atoms with van der Waals surface area (Å²) in [5, 5.41) is 13.3. The molecule has 6 rings (SSSR count). The predicted octanol–water partition coefficient (Wildman–Crippen LogP) is 10.1. The number of allylic oxidation sites excluding steroid dienone is 3. The molecule has 4 heteroatoms. The zero-order valence-electron chi connectivity index (χ0n) is 32.3. The van der Waals surface area contributed by atoms with Crippen LogP contribution in [0.5, 0.6) is 0 Å². The maximum Gasteiger partial charge on any atom is 0.335 e. The lowest BCUT2D eigenvalue weighted by molar-refractivity contribution is -0.222. The summed E-state index contributed by atoms with van der Waals surface area (Å²) in [6.07, 6.45) is 43.1. The third-order valence-electron chi connectivity index (χ3n) is 14.6. The van der Waals surface area contributed by atoms with Crippen LogP contribution >= 0.6 is 0 Å². The number of rotatable bonds is 7. The number of carboxylic acids is 1. The van der Waals surface area contributed by atoms with Gasteiger partial charge in [0, 0.05) is 6.54 Å². The van der Waals surface area contributed by atoms with Crippen molar-refractivity contribution < 1.29 is 9.90 Å². The average Bonchev–Trinajstić information content (AvgIpc) is 3.54. The summed E-state index contributed by atoms with van der Waals surface area (Å²) in [4.78, 5) is 11.5. The Labute approximate surface area is 306 Å². The van der Waals surface area contributed by atoms with E-state index >= 15 is 0 Å². The normalized spacial score (nSPS) is 35.5. The van der Waals surface area contributed by atoms with Gasteiger partial charge in [-0.05, 0) is 158 Å². The number of nitrogens with two attached hydrogens (primary N) is 1. The summed E-state index contributed by atoms with van der Waals surface area (Å²) < 4.78 is 0. The van der Waals surface area contributed by atoms with E-state index in [1.165, 1.54) is 75.5 Å². The summed E-state index contributed by atoms with van der Waals surface area (Å²) in [6, 6.07) is 7.64. The van der Waals surface area contributed by atoms with Crippen molar-refractivity contribution in [2.45, 2.75) is 112 Å². The van der Waals surface area contributed by atoms with Gasteiger partial charge in [-0.15, -0.1) is 45.1 Å². The minimum atomic E-state index is -0.850. The van der Waals surface area contributed by atoms with Gasteiger partial charge < -0.3 is 16.2 Å². The summed E-state index contributed by atoms with van der Waals surface area (Å²) in [6.45, 7) is 21.4. The first-order chi connectivity index (χ1) is 23.8. The van der Waals surface area contributed by atoms with Gasteiger partial charge in [-0.25, -0.2) is 4.79 Å². The number of aromatic carboxylic acids is 1. The molecule has 5 aliphatic rings. The molecule has 4 saturated carbocycles. The maximum atomic E-state index is 11.5. The molecule has 5 aliphatic carbocycles. The van der Waals surface area contributed by atoms with Crippen LogP contribution in [0.3, 0.4) is 0 Å². The van der Waals surface area contributed by atoms with Crippen LogP contribution in [0.15, 0.2) is 43.0 Å². The smallest absolute Gasteiger partial charge is 0.335 e. The number of hydrogen-bond acceptors (Lipinski definition) is 3. The third kappa shape index (κ3) is 7.38. The second-order valence-corrected chi connectivity index (χ2v) is 16.7. The summed E-state index contributed by atoms with van der Waals surface area (Å²) in [5.41, 5.74) is 10.5. The number of nitrogens with one attached hydrogen (secondary N) is 1. The molecule has 4 fully saturated rings. The average molecular weight is 681 g/mol. The molecule has 50 heavy (non-hydrogen) atoms. The largest absolute Gasteiger partial charge is 0.478 e. The molecule has 0 aliphatic heterocycles. The Hall–Kier alpha value is -3.23. The number of terminal acetylenes is 3. The van der Waals surface area contributed by atoms with Gasteiger partial charge in [0.1, 0.15) is 0 Å². The van der Waals surface area contributed by atoms with Crippen LogP contribution in [0.1, 0.15) is 128 Å². The van der Waals surface area contributed by atoms with E-state index in [4.69, 9.17) is 5.73 Å². The van der Waals surface area contributed by atoms with Crippen molar-refractivity contribution >= 4 is 11.5 Å². The van der Waals surface area contributed by atoms with Gasteiger partial charge in [0.15, 0.2) is 0 Å². The zero-order chi connectivity index (χ0) is 38.0. The molecule has 4 nitrogen and oxygen atoms in total. The van der Waals surface area contributed by atoms with Crippen LogP contribution < -0.4 is 11.1 Å². The Balaban J connectivity index is 0.000000887. The highest BCUT2D eigenvalue weighted by Gasteiger charge is 2.69. The topological polar surface area (TPSA) is 75.3 Å². The maximum absolute atomic E-state index is 11.5. The van der Waals surface area contributed by atoms with Crippen molar-refractivity contribution in [2.75, 3.05) is 19.6 Å². The number of benzene rings is 1. The van der Waals surface area contributed by atoms with E-state index in [-0.39, 0.29) is 5.41 Å². The van der Waals surface area contributed by atoms with Crippen LogP contribution in [0.4, 0.5) is 0 Å². The fourth-order valence-corrected chi connectivity index (χ4v) is 12.5. The van der Waals surface area contributed by atoms with Crippen LogP contribution in [-0.2, 0) is 0 Å². The predicted molar refractivity (Wildman–Crippen MR) is 214 cm³/mol. The molecule has 1 aromatic carbocycles. The van der Waals surface area contributed by atoms with E-state index in [9.17, 15) is 9.90 Å². The van der Waals surface area contributed by atoms with Crippen molar-refractivity contribution in [3.8, 4) is 38.5 Å². The van der Waals surface area contributed by atoms with Crippen molar-refractivity contribution in [3.63, 3.8) is 0 Å². The second-order valence-electron chi connectivity index (χ2n) is 16.7. The molecule has 0 aromatic heterocycles. The van der Waals surface area contributed by atoms with Gasteiger partial charge in [-0.1, -0.05) is 65.3 Å². The number of fused-ring (bicyclic) bond motifs is 7. The van der Waals surface area contributed by atoms with Crippen molar-refractivity contribution in [2.24, 2.45) is 56.5 Å². The van der Waals surface area contributed by atoms with E-state index in [0.717, 1.165) is 43.7 Å². The first kappa shape index (κ1) is 42.9. The van der Waals surface area contributed by atoms with E-state index in [1.54, 1.807) is 18.2 Å². The van der Waals surface area contributed by atoms with E-state index in [0.29, 0.717) is 33.1 Å². The lowest BCUT2D eigenvalue weighted by Gasteiger charge is -2.72. The summed E-state index contributed by atoms with van der Waals surface area (Å²) in [5.74, 6) is 2.31. The fourth-order valence-electron chi connectivity index (χ4n) is 12.5. The number of carboxylic acid groups (broad SMARTS) is 1. The molecule has 0 bridgehead atoms. The van der Waals surface area contributed by atoms with Crippen LogP contribution in [0.25, 0.3) is 5.57 Å². The van der Waals surface area contributed by atoms with Gasteiger partial charge >= 0.3 is 5.97 Å². The molecule has 1 aromatic rings. The van der Waals surface area contributed by atoms with Gasteiger partial charge in [0.05, 0.1) is 5.56 Å². The van der Waals surface area contributed by atoms with E-state index in [2.05, 4.69) is 91.1 Å². The molecular weight excluding hydrogens is 613 g/mol. The first-order valence-corrected chi connectivity index (χ1v) is 18.9. The van der Waals surface area contributed by atoms with Gasteiger partial charge in [0.25, 0.3) is 0 Å². The molecule has 8 atom stereocenters. The monoisotopic (exact) mass is 681 g/mol. The standard InChI is InChI=1S/C37H56N2O2.C3H6.3C2H2/c1-33(2)27(25-9-11-26(12-10-25)32(40)41)15-18-34(3)30(33)16-19-36(5)31(34)14-13-28-29-8-6-17-37(29,21-20-35(28,36)4)24-39-23-7-22-38;1-3-2;3*1-2/h9-12,15,28-31,39H,6-8,13-14,16-24,38H2,1-5H3,(H,40,41);3H,1H2,2H3;3*1-2H/t28-,29?,30?,31?,34+,35-,36-,37-;;;;/m1..../s1. The highest BCUT2D eigenvalue weighted by atomic mass is 16.4. The lowest BCUT2D eigenvalue weighted by Crippen LogP contribution is -2.65. The van der Waals surface area contributed by atoms with Gasteiger partial charge in [-0.3, -0.25) is 0 Å². The van der Waals surface area contributed by atoms with Crippen LogP contribution in [0.2, 0.25) is 0 Å². The molecular formula is C46H68N2O2. The van der Waals surface area contributed by atoms with E-state index in [1.807, 2.05) is 19.1 Å². The molecule has 0 saturated heterocycles. The van der Waals surface area contributed by atoms with Crippen LogP contribution in [0, 0.1) is 89.3 Å². The SMILES string of the molecule is C#C.C#C.C#C.C=CC.CC1(C)C(c2ccc(C(=O)O)cc2)=CC[C@@]2(C)C1CC[C@]1(C)C2CC[C@@H]2C3CCC[C@]3(CNCCCN)CC[C@]21C. The van der Waals surface area contributed by atoms with E-state index < -0.39 is 5.97 Å². The van der Waals surface area contributed by atoms with Crippen molar-refractivity contribution in [1.82, 2.24) is 5.32 Å².